The van der Waals surface area contributed by atoms with Gasteiger partial charge in [0.1, 0.15) is 0 Å². The van der Waals surface area contributed by atoms with E-state index in [1.54, 1.807) is 0 Å². The van der Waals surface area contributed by atoms with Crippen LogP contribution in [0.2, 0.25) is 0 Å². The number of rotatable bonds is 7. The van der Waals surface area contributed by atoms with Gasteiger partial charge in [-0.05, 0) is 59.5 Å². The Bertz CT molecular complexity index is 918. The van der Waals surface area contributed by atoms with Gasteiger partial charge in [-0.2, -0.15) is 0 Å². The number of hydrogen-bond acceptors (Lipinski definition) is 4. The van der Waals surface area contributed by atoms with Gasteiger partial charge in [0.05, 0.1) is 6.04 Å². The van der Waals surface area contributed by atoms with Crippen molar-refractivity contribution in [2.75, 3.05) is 11.9 Å². The Labute approximate surface area is 164 Å². The van der Waals surface area contributed by atoms with Crippen molar-refractivity contribution in [1.29, 1.82) is 0 Å². The third-order valence-corrected chi connectivity index (χ3v) is 4.78. The van der Waals surface area contributed by atoms with Crippen LogP contribution in [0.1, 0.15) is 37.8 Å². The molecular weight excluding hydrogens is 352 g/mol. The van der Waals surface area contributed by atoms with E-state index in [1.807, 2.05) is 64.2 Å². The number of carbonyl (C=O) groups is 1. The van der Waals surface area contributed by atoms with Crippen LogP contribution in [0.15, 0.2) is 54.6 Å². The van der Waals surface area contributed by atoms with E-state index in [2.05, 4.69) is 27.8 Å². The van der Waals surface area contributed by atoms with E-state index < -0.39 is 0 Å². The van der Waals surface area contributed by atoms with E-state index in [-0.39, 0.29) is 6.03 Å². The van der Waals surface area contributed by atoms with Gasteiger partial charge in [0.25, 0.3) is 0 Å². The average Bonchev–Trinajstić information content (AvgIpc) is 3.45. The number of nitrogens with one attached hydrogen (secondary N) is 1. The van der Waals surface area contributed by atoms with Gasteiger partial charge in [0.2, 0.25) is 0 Å². The molecule has 1 saturated carbocycles. The number of urea groups is 1. The first kappa shape index (κ1) is 18.2. The molecule has 28 heavy (non-hydrogen) atoms. The summed E-state index contributed by atoms with van der Waals surface area (Å²) in [5.74, 6) is 0.775. The van der Waals surface area contributed by atoms with Crippen LogP contribution in [0, 0.1) is 0 Å². The maximum atomic E-state index is 12.8. The molecule has 1 aliphatic rings. The van der Waals surface area contributed by atoms with E-state index >= 15 is 0 Å². The number of carbonyl (C=O) groups excluding carboxylic acids is 1. The number of anilines is 1. The topological polar surface area (TPSA) is 75.9 Å². The van der Waals surface area contributed by atoms with Crippen LogP contribution in [0.4, 0.5) is 10.5 Å². The van der Waals surface area contributed by atoms with Gasteiger partial charge in [0.15, 0.2) is 5.82 Å². The molecule has 1 fully saturated rings. The van der Waals surface area contributed by atoms with E-state index in [4.69, 9.17) is 0 Å². The average molecular weight is 376 g/mol. The molecule has 3 aromatic rings. The lowest BCUT2D eigenvalue weighted by Crippen LogP contribution is -2.35. The highest BCUT2D eigenvalue weighted by Gasteiger charge is 2.28. The summed E-state index contributed by atoms with van der Waals surface area (Å²) in [7, 11) is 0. The molecule has 7 nitrogen and oxygen atoms in total. The molecule has 1 aliphatic carbocycles. The van der Waals surface area contributed by atoms with Gasteiger partial charge in [-0.25, -0.2) is 9.48 Å². The van der Waals surface area contributed by atoms with Crippen LogP contribution in [0.3, 0.4) is 0 Å². The maximum absolute atomic E-state index is 12.8. The highest BCUT2D eigenvalue weighted by atomic mass is 16.2. The summed E-state index contributed by atoms with van der Waals surface area (Å²) in [4.78, 5) is 14.6. The molecule has 0 saturated heterocycles. The standard InChI is InChI=1S/C21H24N6O/c1-2-14-26(15-16-6-4-3-5-7-16)21(28)22-18-10-8-17(9-11-18)20-23-24-25-27(20)19-12-13-19/h3-11,19H,2,12-15H2,1H3,(H,22,28). The lowest BCUT2D eigenvalue weighted by Gasteiger charge is -2.22. The van der Waals surface area contributed by atoms with Crippen molar-refractivity contribution in [3.8, 4) is 11.4 Å². The molecule has 4 rings (SSSR count). The Hall–Kier alpha value is -3.22. The zero-order valence-corrected chi connectivity index (χ0v) is 16.0. The fourth-order valence-electron chi connectivity index (χ4n) is 3.18. The third-order valence-electron chi connectivity index (χ3n) is 4.78. The molecule has 1 N–H and O–H groups in total. The Kier molecular flexibility index (Phi) is 5.32. The summed E-state index contributed by atoms with van der Waals surface area (Å²) >= 11 is 0. The molecule has 0 radical (unpaired) electrons. The van der Waals surface area contributed by atoms with Gasteiger partial charge in [0, 0.05) is 24.3 Å². The SMILES string of the molecule is CCCN(Cc1ccccc1)C(=O)Nc1ccc(-c2nnnn2C2CC2)cc1. The third kappa shape index (κ3) is 4.19. The van der Waals surface area contributed by atoms with E-state index in [9.17, 15) is 4.79 Å². The van der Waals surface area contributed by atoms with Crippen LogP contribution in [-0.4, -0.2) is 37.7 Å². The molecule has 0 aliphatic heterocycles. The number of benzene rings is 2. The minimum absolute atomic E-state index is 0.0960. The van der Waals surface area contributed by atoms with Crippen molar-refractivity contribution in [1.82, 2.24) is 25.1 Å². The van der Waals surface area contributed by atoms with E-state index in [1.165, 1.54) is 0 Å². The summed E-state index contributed by atoms with van der Waals surface area (Å²) < 4.78 is 1.89. The molecule has 2 amide bonds. The molecule has 1 aromatic heterocycles. The lowest BCUT2D eigenvalue weighted by molar-refractivity contribution is 0.209. The van der Waals surface area contributed by atoms with Gasteiger partial charge >= 0.3 is 6.03 Å². The van der Waals surface area contributed by atoms with Gasteiger partial charge < -0.3 is 10.2 Å². The van der Waals surface area contributed by atoms with Crippen LogP contribution in [0.25, 0.3) is 11.4 Å². The van der Waals surface area contributed by atoms with Crippen molar-refractivity contribution in [2.24, 2.45) is 0 Å². The fraction of sp³-hybridized carbons (Fsp3) is 0.333. The highest BCUT2D eigenvalue weighted by molar-refractivity contribution is 5.89. The molecule has 0 unspecified atom stereocenters. The van der Waals surface area contributed by atoms with Crippen molar-refractivity contribution >= 4 is 11.7 Å². The van der Waals surface area contributed by atoms with Gasteiger partial charge in [-0.15, -0.1) is 5.10 Å². The van der Waals surface area contributed by atoms with E-state index in [0.717, 1.165) is 41.9 Å². The zero-order chi connectivity index (χ0) is 19.3. The Balaban J connectivity index is 1.43. The normalized spacial score (nSPS) is 13.3. The summed E-state index contributed by atoms with van der Waals surface area (Å²) in [5, 5.41) is 15.0. The Morgan fingerprint density at radius 3 is 2.57 bits per heavy atom. The Morgan fingerprint density at radius 1 is 1.14 bits per heavy atom. The number of nitrogens with zero attached hydrogens (tertiary/aromatic N) is 5. The number of hydrogen-bond donors (Lipinski definition) is 1. The number of amides is 2. The van der Waals surface area contributed by atoms with Crippen molar-refractivity contribution in [2.45, 2.75) is 38.8 Å². The summed E-state index contributed by atoms with van der Waals surface area (Å²) in [5.41, 5.74) is 2.83. The summed E-state index contributed by atoms with van der Waals surface area (Å²) in [6.45, 7) is 3.37. The first-order chi connectivity index (χ1) is 13.7. The predicted molar refractivity (Wildman–Crippen MR) is 108 cm³/mol. The Morgan fingerprint density at radius 2 is 1.89 bits per heavy atom. The molecule has 0 spiro atoms. The number of aromatic nitrogens is 4. The molecule has 7 heteroatoms. The lowest BCUT2D eigenvalue weighted by atomic mass is 10.2. The van der Waals surface area contributed by atoms with Crippen LogP contribution in [-0.2, 0) is 6.54 Å². The smallest absolute Gasteiger partial charge is 0.320 e. The first-order valence-electron chi connectivity index (χ1n) is 9.72. The van der Waals surface area contributed by atoms with Crippen LogP contribution >= 0.6 is 0 Å². The molecule has 2 aromatic carbocycles. The van der Waals surface area contributed by atoms with E-state index in [0.29, 0.717) is 19.1 Å². The second-order valence-electron chi connectivity index (χ2n) is 7.09. The molecule has 144 valence electrons. The van der Waals surface area contributed by atoms with Gasteiger partial charge in [-0.3, -0.25) is 0 Å². The van der Waals surface area contributed by atoms with Crippen molar-refractivity contribution in [3.05, 3.63) is 60.2 Å². The summed E-state index contributed by atoms with van der Waals surface area (Å²) in [6, 6.07) is 18.0. The molecule has 1 heterocycles. The largest absolute Gasteiger partial charge is 0.322 e. The van der Waals surface area contributed by atoms with Gasteiger partial charge in [-0.1, -0.05) is 37.3 Å². The van der Waals surface area contributed by atoms with Crippen LogP contribution < -0.4 is 5.32 Å². The van der Waals surface area contributed by atoms with Crippen molar-refractivity contribution in [3.63, 3.8) is 0 Å². The molecule has 0 atom stereocenters. The van der Waals surface area contributed by atoms with Crippen molar-refractivity contribution < 1.29 is 4.79 Å². The van der Waals surface area contributed by atoms with Crippen LogP contribution in [0.5, 0.6) is 0 Å². The second-order valence-corrected chi connectivity index (χ2v) is 7.09. The first-order valence-corrected chi connectivity index (χ1v) is 9.72. The monoisotopic (exact) mass is 376 g/mol. The highest BCUT2D eigenvalue weighted by Crippen LogP contribution is 2.36. The zero-order valence-electron chi connectivity index (χ0n) is 16.0. The quantitative estimate of drug-likeness (QED) is 0.673. The predicted octanol–water partition coefficient (Wildman–Crippen LogP) is 4.12. The fourth-order valence-corrected chi connectivity index (χ4v) is 3.18. The summed E-state index contributed by atoms with van der Waals surface area (Å²) in [6.07, 6.45) is 3.16. The second kappa shape index (κ2) is 8.21. The minimum Gasteiger partial charge on any atom is -0.320 e. The number of tetrazole rings is 1. The maximum Gasteiger partial charge on any atom is 0.322 e. The molecular formula is C21H24N6O. The minimum atomic E-state index is -0.0960. The molecule has 0 bridgehead atoms.